The number of rotatable bonds is 11. The predicted molar refractivity (Wildman–Crippen MR) is 113 cm³/mol. The van der Waals surface area contributed by atoms with Gasteiger partial charge in [0.15, 0.2) is 11.5 Å². The minimum absolute atomic E-state index is 0.0761. The molecule has 0 heterocycles. The lowest BCUT2D eigenvalue weighted by Gasteiger charge is -2.07. The molecule has 2 rings (SSSR count). The van der Waals surface area contributed by atoms with Crippen LogP contribution < -0.4 is 20.2 Å². The third-order valence-corrected chi connectivity index (χ3v) is 4.21. The van der Waals surface area contributed by atoms with Crippen LogP contribution in [0.25, 0.3) is 0 Å². The van der Waals surface area contributed by atoms with Gasteiger partial charge in [-0.05, 0) is 48.7 Å². The zero-order valence-corrected chi connectivity index (χ0v) is 16.8. The molecule has 2 aromatic carbocycles. The normalized spacial score (nSPS) is 10.6. The monoisotopic (exact) mass is 397 g/mol. The van der Waals surface area contributed by atoms with Crippen molar-refractivity contribution in [2.24, 2.45) is 5.10 Å². The van der Waals surface area contributed by atoms with Crippen molar-refractivity contribution >= 4 is 18.0 Å². The Balaban J connectivity index is 1.60. The summed E-state index contributed by atoms with van der Waals surface area (Å²) in [7, 11) is 3.14. The Labute approximate surface area is 171 Å². The molecule has 154 valence electrons. The number of unbranched alkanes of at least 4 members (excludes halogenated alkanes) is 2. The van der Waals surface area contributed by atoms with E-state index in [9.17, 15) is 9.59 Å². The number of nitrogens with zero attached hydrogens (tertiary/aromatic N) is 1. The van der Waals surface area contributed by atoms with Crippen LogP contribution in [-0.4, -0.2) is 38.8 Å². The average molecular weight is 397 g/mol. The minimum Gasteiger partial charge on any atom is -0.493 e. The van der Waals surface area contributed by atoms with Gasteiger partial charge in [-0.1, -0.05) is 24.6 Å². The molecule has 2 amide bonds. The summed E-state index contributed by atoms with van der Waals surface area (Å²) < 4.78 is 10.4. The van der Waals surface area contributed by atoms with Gasteiger partial charge in [-0.2, -0.15) is 5.10 Å². The molecule has 2 N–H and O–H groups in total. The molecule has 29 heavy (non-hydrogen) atoms. The van der Waals surface area contributed by atoms with Crippen LogP contribution in [0.5, 0.6) is 11.5 Å². The molecule has 2 aromatic rings. The zero-order valence-electron chi connectivity index (χ0n) is 16.8. The van der Waals surface area contributed by atoms with E-state index in [4.69, 9.17) is 9.47 Å². The highest BCUT2D eigenvalue weighted by atomic mass is 16.5. The average Bonchev–Trinajstić information content (AvgIpc) is 2.76. The van der Waals surface area contributed by atoms with Crippen molar-refractivity contribution in [3.63, 3.8) is 0 Å². The molecular formula is C22H27N3O4. The van der Waals surface area contributed by atoms with Crippen LogP contribution in [0.2, 0.25) is 0 Å². The molecule has 0 atom stereocenters. The van der Waals surface area contributed by atoms with Crippen molar-refractivity contribution in [2.75, 3.05) is 20.8 Å². The first-order valence-electron chi connectivity index (χ1n) is 9.51. The maximum absolute atomic E-state index is 11.9. The molecule has 0 aromatic heterocycles. The van der Waals surface area contributed by atoms with Crippen molar-refractivity contribution in [2.45, 2.75) is 25.7 Å². The highest BCUT2D eigenvalue weighted by Gasteiger charge is 2.05. The maximum atomic E-state index is 11.9. The third kappa shape index (κ3) is 7.65. The van der Waals surface area contributed by atoms with Crippen molar-refractivity contribution in [3.8, 4) is 11.5 Å². The fourth-order valence-corrected chi connectivity index (χ4v) is 2.65. The van der Waals surface area contributed by atoms with Crippen LogP contribution in [0, 0.1) is 0 Å². The van der Waals surface area contributed by atoms with Gasteiger partial charge in [-0.3, -0.25) is 9.59 Å². The SMILES string of the molecule is COc1ccc(C=NNC(=O)CCCCCNC(=O)c2ccccc2)cc1OC. The van der Waals surface area contributed by atoms with Gasteiger partial charge >= 0.3 is 0 Å². The van der Waals surface area contributed by atoms with E-state index in [-0.39, 0.29) is 11.8 Å². The summed E-state index contributed by atoms with van der Waals surface area (Å²) in [4.78, 5) is 23.7. The molecule has 0 bridgehead atoms. The Morgan fingerprint density at radius 3 is 2.45 bits per heavy atom. The highest BCUT2D eigenvalue weighted by Crippen LogP contribution is 2.26. The lowest BCUT2D eigenvalue weighted by Crippen LogP contribution is -2.24. The van der Waals surface area contributed by atoms with E-state index in [1.165, 1.54) is 0 Å². The van der Waals surface area contributed by atoms with Gasteiger partial charge in [0.25, 0.3) is 5.91 Å². The summed E-state index contributed by atoms with van der Waals surface area (Å²) in [5, 5.41) is 6.84. The Bertz CT molecular complexity index is 822. The Hall–Kier alpha value is -3.35. The number of nitrogens with one attached hydrogen (secondary N) is 2. The summed E-state index contributed by atoms with van der Waals surface area (Å²) >= 11 is 0. The van der Waals surface area contributed by atoms with Gasteiger partial charge in [0.2, 0.25) is 5.91 Å². The first-order valence-corrected chi connectivity index (χ1v) is 9.51. The molecule has 0 spiro atoms. The number of benzene rings is 2. The molecule has 7 heteroatoms. The molecule has 0 saturated carbocycles. The quantitative estimate of drug-likeness (QED) is 0.346. The number of hydrazone groups is 1. The van der Waals surface area contributed by atoms with Crippen LogP contribution in [0.4, 0.5) is 0 Å². The zero-order chi connectivity index (χ0) is 20.9. The molecule has 0 unspecified atom stereocenters. The number of hydrogen-bond acceptors (Lipinski definition) is 5. The van der Waals surface area contributed by atoms with Crippen molar-refractivity contribution in [1.82, 2.24) is 10.7 Å². The second-order valence-corrected chi connectivity index (χ2v) is 6.34. The number of amides is 2. The number of hydrogen-bond donors (Lipinski definition) is 2. The fourth-order valence-electron chi connectivity index (χ4n) is 2.65. The Morgan fingerprint density at radius 1 is 0.966 bits per heavy atom. The summed E-state index contributed by atoms with van der Waals surface area (Å²) in [5.41, 5.74) is 3.96. The highest BCUT2D eigenvalue weighted by molar-refractivity contribution is 5.94. The molecule has 0 aliphatic carbocycles. The lowest BCUT2D eigenvalue weighted by molar-refractivity contribution is -0.121. The van der Waals surface area contributed by atoms with E-state index in [1.807, 2.05) is 24.3 Å². The van der Waals surface area contributed by atoms with E-state index in [0.717, 1.165) is 24.8 Å². The first kappa shape index (κ1) is 21.9. The standard InChI is InChI=1S/C22H27N3O4/c1-28-19-13-12-17(15-20(19)29-2)16-24-25-21(26)11-7-4-8-14-23-22(27)18-9-5-3-6-10-18/h3,5-6,9-10,12-13,15-16H,4,7-8,11,14H2,1-2H3,(H,23,27)(H,25,26). The molecule has 0 saturated heterocycles. The van der Waals surface area contributed by atoms with Gasteiger partial charge in [0.05, 0.1) is 20.4 Å². The van der Waals surface area contributed by atoms with E-state index >= 15 is 0 Å². The van der Waals surface area contributed by atoms with E-state index in [1.54, 1.807) is 44.7 Å². The second kappa shape index (κ2) is 12.2. The number of carbonyl (C=O) groups excluding carboxylic acids is 2. The van der Waals surface area contributed by atoms with Gasteiger partial charge in [-0.25, -0.2) is 5.43 Å². The van der Waals surface area contributed by atoms with Gasteiger partial charge in [-0.15, -0.1) is 0 Å². The number of ether oxygens (including phenoxy) is 2. The molecule has 0 aliphatic heterocycles. The third-order valence-electron chi connectivity index (χ3n) is 4.21. The van der Waals surface area contributed by atoms with Crippen LogP contribution in [0.1, 0.15) is 41.6 Å². The molecule has 0 radical (unpaired) electrons. The number of methoxy groups -OCH3 is 2. The molecule has 0 aliphatic rings. The van der Waals surface area contributed by atoms with Gasteiger partial charge in [0.1, 0.15) is 0 Å². The van der Waals surface area contributed by atoms with Gasteiger partial charge in [0, 0.05) is 18.5 Å². The van der Waals surface area contributed by atoms with E-state index in [2.05, 4.69) is 15.8 Å². The van der Waals surface area contributed by atoms with Crippen LogP contribution in [-0.2, 0) is 4.79 Å². The predicted octanol–water partition coefficient (Wildman–Crippen LogP) is 3.14. The summed E-state index contributed by atoms with van der Waals surface area (Å²) in [5.74, 6) is 1.01. The topological polar surface area (TPSA) is 89.0 Å². The van der Waals surface area contributed by atoms with Crippen molar-refractivity contribution in [3.05, 3.63) is 59.7 Å². The summed E-state index contributed by atoms with van der Waals surface area (Å²) in [6, 6.07) is 14.5. The minimum atomic E-state index is -0.143. The smallest absolute Gasteiger partial charge is 0.251 e. The molecular weight excluding hydrogens is 370 g/mol. The second-order valence-electron chi connectivity index (χ2n) is 6.34. The Kier molecular flexibility index (Phi) is 9.21. The maximum Gasteiger partial charge on any atom is 0.251 e. The molecule has 0 fully saturated rings. The van der Waals surface area contributed by atoms with Crippen LogP contribution in [0.15, 0.2) is 53.6 Å². The lowest BCUT2D eigenvalue weighted by atomic mass is 10.2. The fraction of sp³-hybridized carbons (Fsp3) is 0.318. The Morgan fingerprint density at radius 2 is 1.72 bits per heavy atom. The summed E-state index contributed by atoms with van der Waals surface area (Å²) in [6.45, 7) is 0.590. The van der Waals surface area contributed by atoms with E-state index in [0.29, 0.717) is 30.0 Å². The van der Waals surface area contributed by atoms with Crippen molar-refractivity contribution in [1.29, 1.82) is 0 Å². The summed E-state index contributed by atoms with van der Waals surface area (Å²) in [6.07, 6.45) is 4.34. The number of carbonyl (C=O) groups is 2. The van der Waals surface area contributed by atoms with Crippen LogP contribution in [0.3, 0.4) is 0 Å². The van der Waals surface area contributed by atoms with Gasteiger partial charge < -0.3 is 14.8 Å². The van der Waals surface area contributed by atoms with Crippen molar-refractivity contribution < 1.29 is 19.1 Å². The van der Waals surface area contributed by atoms with E-state index < -0.39 is 0 Å². The molecule has 7 nitrogen and oxygen atoms in total. The largest absolute Gasteiger partial charge is 0.493 e. The first-order chi connectivity index (χ1) is 14.1. The van der Waals surface area contributed by atoms with Crippen LogP contribution >= 0.6 is 0 Å².